The van der Waals surface area contributed by atoms with Crippen LogP contribution in [0.2, 0.25) is 0 Å². The first-order valence-corrected chi connectivity index (χ1v) is 12.1. The second kappa shape index (κ2) is 9.64. The molecule has 2 aromatic carbocycles. The lowest BCUT2D eigenvalue weighted by Crippen LogP contribution is -2.35. The molecule has 0 unspecified atom stereocenters. The number of benzene rings is 2. The van der Waals surface area contributed by atoms with Crippen LogP contribution in [0.25, 0.3) is 28.0 Å². The van der Waals surface area contributed by atoms with Gasteiger partial charge in [-0.15, -0.1) is 5.10 Å². The average molecular weight is 479 g/mol. The van der Waals surface area contributed by atoms with Crippen molar-refractivity contribution in [2.24, 2.45) is 13.0 Å². The monoisotopic (exact) mass is 478 g/mol. The molecule has 0 aliphatic carbocycles. The zero-order valence-corrected chi connectivity index (χ0v) is 22.3. The molecule has 0 aliphatic rings. The summed E-state index contributed by atoms with van der Waals surface area (Å²) in [6.07, 6.45) is 1.97. The Labute approximate surface area is 207 Å². The quantitative estimate of drug-likeness (QED) is 0.370. The fourth-order valence-electron chi connectivity index (χ4n) is 3.86. The smallest absolute Gasteiger partial charge is 0.351 e. The first kappa shape index (κ1) is 26.1. The third kappa shape index (κ3) is 5.29. The number of nitrogens with zero attached hydrogens (tertiary/aromatic N) is 4. The lowest BCUT2D eigenvalue weighted by molar-refractivity contribution is 0.343. The second-order valence-electron chi connectivity index (χ2n) is 11.0. The van der Waals surface area contributed by atoms with E-state index in [1.165, 1.54) is 15.3 Å². The molecule has 0 atom stereocenters. The van der Waals surface area contributed by atoms with E-state index in [1.54, 1.807) is 6.07 Å². The summed E-state index contributed by atoms with van der Waals surface area (Å²) in [7, 11) is 1.97. The molecule has 7 nitrogen and oxygen atoms in total. The van der Waals surface area contributed by atoms with Crippen molar-refractivity contribution in [2.45, 2.75) is 66.8 Å². The molecule has 7 heteroatoms. The summed E-state index contributed by atoms with van der Waals surface area (Å²) >= 11 is 0. The topological polar surface area (TPSA) is 85.2 Å². The van der Waals surface area contributed by atoms with Crippen molar-refractivity contribution in [3.05, 3.63) is 58.6 Å². The van der Waals surface area contributed by atoms with E-state index in [2.05, 4.69) is 25.9 Å². The minimum atomic E-state index is -0.554. The maximum absolute atomic E-state index is 13.5. The maximum Gasteiger partial charge on any atom is 0.351 e. The van der Waals surface area contributed by atoms with Gasteiger partial charge in [-0.1, -0.05) is 34.6 Å². The maximum atomic E-state index is 13.5. The van der Waals surface area contributed by atoms with E-state index in [4.69, 9.17) is 0 Å². The van der Waals surface area contributed by atoms with Gasteiger partial charge in [0.1, 0.15) is 11.5 Å². The molecule has 0 fully saturated rings. The van der Waals surface area contributed by atoms with Crippen LogP contribution in [0.3, 0.4) is 0 Å². The van der Waals surface area contributed by atoms with Gasteiger partial charge in [0, 0.05) is 30.2 Å². The zero-order valence-electron chi connectivity index (χ0n) is 22.3. The molecule has 0 amide bonds. The number of aromatic hydroxyl groups is 2. The van der Waals surface area contributed by atoms with Crippen molar-refractivity contribution < 1.29 is 10.2 Å². The molecule has 2 heterocycles. The Morgan fingerprint density at radius 2 is 1.54 bits per heavy atom. The van der Waals surface area contributed by atoms with Gasteiger partial charge in [-0.2, -0.15) is 0 Å². The number of hydrogen-bond donors (Lipinski definition) is 2. The minimum Gasteiger partial charge on any atom is -0.508 e. The van der Waals surface area contributed by atoms with Crippen LogP contribution in [0.15, 0.2) is 47.4 Å². The average Bonchev–Trinajstić information content (AvgIpc) is 3.27. The molecule has 0 spiro atoms. The van der Waals surface area contributed by atoms with Crippen LogP contribution in [-0.4, -0.2) is 29.1 Å². The van der Waals surface area contributed by atoms with Crippen molar-refractivity contribution in [2.75, 3.05) is 0 Å². The lowest BCUT2D eigenvalue weighted by Gasteiger charge is -2.17. The Bertz CT molecular complexity index is 1400. The number of aryl methyl sites for hydroxylation is 1. The number of aromatic nitrogens is 4. The standard InChI is InChI=1S/C24H28N4O3.C4H10/c1-14(2)17-12-18(21(30)13-20(17)29)22-25-28(24(3,4)5)23(31)27(22)16-7-8-19-15(11-16)9-10-26(19)6;1-4(2)3/h7-14,29-30H,1-6H3;4H,1-3H3. The fraction of sp³-hybridized carbons (Fsp3) is 0.429. The predicted octanol–water partition coefficient (Wildman–Crippen LogP) is 6.14. The van der Waals surface area contributed by atoms with E-state index in [9.17, 15) is 15.0 Å². The molecule has 2 aromatic heterocycles. The summed E-state index contributed by atoms with van der Waals surface area (Å²) in [5.41, 5.74) is 1.94. The van der Waals surface area contributed by atoms with Gasteiger partial charge < -0.3 is 14.8 Å². The first-order chi connectivity index (χ1) is 16.2. The van der Waals surface area contributed by atoms with Gasteiger partial charge in [-0.05, 0) is 68.5 Å². The summed E-state index contributed by atoms with van der Waals surface area (Å²) < 4.78 is 4.97. The molecule has 0 saturated carbocycles. The number of phenols is 2. The fourth-order valence-corrected chi connectivity index (χ4v) is 3.86. The van der Waals surface area contributed by atoms with Crippen molar-refractivity contribution in [1.82, 2.24) is 18.9 Å². The van der Waals surface area contributed by atoms with Gasteiger partial charge in [-0.25, -0.2) is 14.0 Å². The summed E-state index contributed by atoms with van der Waals surface area (Å²) in [5.74, 6) is 1.08. The van der Waals surface area contributed by atoms with E-state index >= 15 is 0 Å². The molecule has 188 valence electrons. The van der Waals surface area contributed by atoms with Crippen molar-refractivity contribution in [1.29, 1.82) is 0 Å². The first-order valence-electron chi connectivity index (χ1n) is 12.1. The van der Waals surface area contributed by atoms with E-state index in [0.717, 1.165) is 16.8 Å². The molecule has 0 radical (unpaired) electrons. The number of fused-ring (bicyclic) bond motifs is 1. The molecule has 0 saturated heterocycles. The second-order valence-corrected chi connectivity index (χ2v) is 11.0. The molecule has 4 aromatic rings. The van der Waals surface area contributed by atoms with Crippen molar-refractivity contribution >= 4 is 10.9 Å². The highest BCUT2D eigenvalue weighted by molar-refractivity contribution is 5.82. The minimum absolute atomic E-state index is 0.0195. The Morgan fingerprint density at radius 1 is 0.914 bits per heavy atom. The van der Waals surface area contributed by atoms with Gasteiger partial charge in [0.15, 0.2) is 5.82 Å². The molecule has 35 heavy (non-hydrogen) atoms. The summed E-state index contributed by atoms with van der Waals surface area (Å²) in [6, 6.07) is 10.8. The number of rotatable bonds is 3. The predicted molar refractivity (Wildman–Crippen MR) is 143 cm³/mol. The number of phenolic OH excluding ortho intramolecular Hbond substituents is 2. The van der Waals surface area contributed by atoms with Crippen LogP contribution in [0.4, 0.5) is 0 Å². The SMILES string of the molecule is CC(C)C.CC(C)c1cc(-c2nn(C(C)(C)C)c(=O)n2-c2ccc3c(ccn3C)c2)c(O)cc1O. The molecule has 2 N–H and O–H groups in total. The van der Waals surface area contributed by atoms with Crippen LogP contribution in [0.1, 0.15) is 66.9 Å². The lowest BCUT2D eigenvalue weighted by atomic mass is 9.98. The third-order valence-electron chi connectivity index (χ3n) is 5.55. The summed E-state index contributed by atoms with van der Waals surface area (Å²) in [6.45, 7) is 16.1. The van der Waals surface area contributed by atoms with Gasteiger partial charge in [0.05, 0.1) is 16.8 Å². The molecule has 0 bridgehead atoms. The van der Waals surface area contributed by atoms with E-state index in [1.807, 2.05) is 76.7 Å². The normalized spacial score (nSPS) is 11.9. The molecular formula is C28H38N4O3. The van der Waals surface area contributed by atoms with Crippen LogP contribution in [0.5, 0.6) is 11.5 Å². The van der Waals surface area contributed by atoms with Crippen LogP contribution in [0, 0.1) is 5.92 Å². The summed E-state index contributed by atoms with van der Waals surface area (Å²) in [4.78, 5) is 13.5. The molecular weight excluding hydrogens is 440 g/mol. The number of hydrogen-bond acceptors (Lipinski definition) is 4. The van der Waals surface area contributed by atoms with Crippen LogP contribution >= 0.6 is 0 Å². The Hall–Kier alpha value is -3.48. The highest BCUT2D eigenvalue weighted by atomic mass is 16.3. The van der Waals surface area contributed by atoms with E-state index in [-0.39, 0.29) is 23.1 Å². The van der Waals surface area contributed by atoms with E-state index in [0.29, 0.717) is 22.6 Å². The van der Waals surface area contributed by atoms with Crippen LogP contribution < -0.4 is 5.69 Å². The molecule has 0 aliphatic heterocycles. The van der Waals surface area contributed by atoms with Gasteiger partial charge in [0.2, 0.25) is 0 Å². The van der Waals surface area contributed by atoms with Gasteiger partial charge in [-0.3, -0.25) is 0 Å². The Kier molecular flexibility index (Phi) is 7.20. The zero-order chi connectivity index (χ0) is 26.2. The van der Waals surface area contributed by atoms with Crippen molar-refractivity contribution in [3.8, 4) is 28.6 Å². The van der Waals surface area contributed by atoms with Crippen LogP contribution in [-0.2, 0) is 12.6 Å². The highest BCUT2D eigenvalue weighted by Gasteiger charge is 2.26. The Balaban J connectivity index is 0.000000795. The van der Waals surface area contributed by atoms with E-state index < -0.39 is 5.54 Å². The molecule has 4 rings (SSSR count). The van der Waals surface area contributed by atoms with Gasteiger partial charge in [0.25, 0.3) is 0 Å². The van der Waals surface area contributed by atoms with Gasteiger partial charge >= 0.3 is 5.69 Å². The largest absolute Gasteiger partial charge is 0.508 e. The summed E-state index contributed by atoms with van der Waals surface area (Å²) in [5, 5.41) is 26.6. The third-order valence-corrected chi connectivity index (χ3v) is 5.55. The van der Waals surface area contributed by atoms with Crippen molar-refractivity contribution in [3.63, 3.8) is 0 Å². The highest BCUT2D eigenvalue weighted by Crippen LogP contribution is 2.38. The Morgan fingerprint density at radius 3 is 2.11 bits per heavy atom.